The lowest BCUT2D eigenvalue weighted by Crippen LogP contribution is -2.38. The van der Waals surface area contributed by atoms with Crippen LogP contribution in [-0.2, 0) is 4.79 Å². The zero-order valence-electron chi connectivity index (χ0n) is 10.2. The van der Waals surface area contributed by atoms with E-state index in [-0.39, 0.29) is 24.4 Å². The van der Waals surface area contributed by atoms with Crippen molar-refractivity contribution in [3.63, 3.8) is 0 Å². The molecule has 0 aromatic carbocycles. The smallest absolute Gasteiger partial charge is 0.220 e. The topological polar surface area (TPSA) is 55.1 Å². The maximum Gasteiger partial charge on any atom is 0.220 e. The number of nitrogens with two attached hydrogens (primary N) is 1. The third kappa shape index (κ3) is 6.33. The molecule has 3 nitrogen and oxygen atoms in total. The molecule has 1 atom stereocenters. The number of rotatable bonds is 4. The molecule has 16 heavy (non-hydrogen) atoms. The van der Waals surface area contributed by atoms with Gasteiger partial charge in [0, 0.05) is 19.0 Å². The number of nitrogens with one attached hydrogen (secondary N) is 1. The number of carbonyl (C=O) groups is 1. The molecule has 0 spiro atoms. The molecule has 0 aromatic rings. The Balaban J connectivity index is 0.00000225. The Morgan fingerprint density at radius 1 is 1.31 bits per heavy atom. The highest BCUT2D eigenvalue weighted by atomic mass is 35.5. The fourth-order valence-electron chi connectivity index (χ4n) is 2.22. The highest BCUT2D eigenvalue weighted by Crippen LogP contribution is 2.25. The number of hydrogen-bond donors (Lipinski definition) is 2. The summed E-state index contributed by atoms with van der Waals surface area (Å²) in [5.74, 6) is 0.789. The number of carbonyl (C=O) groups excluding carboxylic acids is 1. The summed E-state index contributed by atoms with van der Waals surface area (Å²) in [4.78, 5) is 11.6. The van der Waals surface area contributed by atoms with E-state index in [1.165, 1.54) is 38.5 Å². The van der Waals surface area contributed by atoms with E-state index in [1.54, 1.807) is 0 Å². The maximum atomic E-state index is 11.6. The minimum absolute atomic E-state index is 0. The molecular weight excluding hydrogens is 224 g/mol. The molecule has 0 aromatic heterocycles. The minimum Gasteiger partial charge on any atom is -0.352 e. The van der Waals surface area contributed by atoms with E-state index in [1.807, 2.05) is 6.92 Å². The van der Waals surface area contributed by atoms with Gasteiger partial charge in [-0.3, -0.25) is 4.79 Å². The van der Waals surface area contributed by atoms with Gasteiger partial charge in [-0.2, -0.15) is 0 Å². The van der Waals surface area contributed by atoms with Crippen molar-refractivity contribution in [3.8, 4) is 0 Å². The summed E-state index contributed by atoms with van der Waals surface area (Å²) in [6.45, 7) is 2.47. The quantitative estimate of drug-likeness (QED) is 0.750. The highest BCUT2D eigenvalue weighted by molar-refractivity contribution is 5.85. The lowest BCUT2D eigenvalue weighted by Gasteiger charge is -2.16. The molecular formula is C12H25ClN2O. The second-order valence-corrected chi connectivity index (χ2v) is 4.77. The van der Waals surface area contributed by atoms with Crippen molar-refractivity contribution in [2.75, 3.05) is 6.54 Å². The third-order valence-electron chi connectivity index (χ3n) is 3.21. The van der Waals surface area contributed by atoms with Gasteiger partial charge in [0.15, 0.2) is 0 Å². The van der Waals surface area contributed by atoms with E-state index in [4.69, 9.17) is 5.73 Å². The molecule has 1 rings (SSSR count). The SMILES string of the molecule is C[C@H](CN)NC(=O)CC1CCCCCC1.Cl. The van der Waals surface area contributed by atoms with Crippen LogP contribution in [0, 0.1) is 5.92 Å². The Bertz CT molecular complexity index is 191. The van der Waals surface area contributed by atoms with Crippen LogP contribution >= 0.6 is 12.4 Å². The van der Waals surface area contributed by atoms with Gasteiger partial charge in [-0.25, -0.2) is 0 Å². The Kier molecular flexibility index (Phi) is 8.67. The van der Waals surface area contributed by atoms with Crippen LogP contribution in [0.15, 0.2) is 0 Å². The van der Waals surface area contributed by atoms with Crippen LogP contribution in [0.2, 0.25) is 0 Å². The van der Waals surface area contributed by atoms with Gasteiger partial charge in [-0.05, 0) is 25.7 Å². The van der Waals surface area contributed by atoms with Gasteiger partial charge in [-0.1, -0.05) is 25.7 Å². The molecule has 0 radical (unpaired) electrons. The summed E-state index contributed by atoms with van der Waals surface area (Å²) < 4.78 is 0. The molecule has 0 saturated heterocycles. The Morgan fingerprint density at radius 2 is 1.88 bits per heavy atom. The molecule has 0 unspecified atom stereocenters. The van der Waals surface area contributed by atoms with Crippen molar-refractivity contribution >= 4 is 18.3 Å². The molecule has 3 N–H and O–H groups in total. The molecule has 1 amide bonds. The van der Waals surface area contributed by atoms with Crippen molar-refractivity contribution in [3.05, 3.63) is 0 Å². The molecule has 1 aliphatic carbocycles. The van der Waals surface area contributed by atoms with Crippen LogP contribution in [0.3, 0.4) is 0 Å². The molecule has 0 bridgehead atoms. The zero-order chi connectivity index (χ0) is 11.1. The molecule has 1 fully saturated rings. The minimum atomic E-state index is 0. The molecule has 96 valence electrons. The molecule has 4 heteroatoms. The standard InChI is InChI=1S/C12H24N2O.ClH/c1-10(9-13)14-12(15)8-11-6-4-2-3-5-7-11;/h10-11H,2-9,13H2,1H3,(H,14,15);1H/t10-;/m1./s1. The van der Waals surface area contributed by atoms with Crippen molar-refractivity contribution in [2.24, 2.45) is 11.7 Å². The van der Waals surface area contributed by atoms with Crippen LogP contribution in [-0.4, -0.2) is 18.5 Å². The number of amides is 1. The lowest BCUT2D eigenvalue weighted by molar-refractivity contribution is -0.122. The van der Waals surface area contributed by atoms with Gasteiger partial charge in [0.1, 0.15) is 0 Å². The Hall–Kier alpha value is -0.280. The predicted octanol–water partition coefficient (Wildman–Crippen LogP) is 2.23. The zero-order valence-corrected chi connectivity index (χ0v) is 11.0. The van der Waals surface area contributed by atoms with E-state index in [9.17, 15) is 4.79 Å². The number of hydrogen-bond acceptors (Lipinski definition) is 2. The normalized spacial score (nSPS) is 19.4. The van der Waals surface area contributed by atoms with Crippen LogP contribution in [0.5, 0.6) is 0 Å². The van der Waals surface area contributed by atoms with Crippen molar-refractivity contribution in [2.45, 2.75) is 57.9 Å². The summed E-state index contributed by atoms with van der Waals surface area (Å²) in [7, 11) is 0. The fraction of sp³-hybridized carbons (Fsp3) is 0.917. The monoisotopic (exact) mass is 248 g/mol. The largest absolute Gasteiger partial charge is 0.352 e. The van der Waals surface area contributed by atoms with E-state index in [2.05, 4.69) is 5.32 Å². The van der Waals surface area contributed by atoms with Crippen molar-refractivity contribution < 1.29 is 4.79 Å². The van der Waals surface area contributed by atoms with Crippen molar-refractivity contribution in [1.82, 2.24) is 5.32 Å². The summed E-state index contributed by atoms with van der Waals surface area (Å²) in [6.07, 6.45) is 8.43. The summed E-state index contributed by atoms with van der Waals surface area (Å²) >= 11 is 0. The molecule has 1 aliphatic rings. The maximum absolute atomic E-state index is 11.6. The van der Waals surface area contributed by atoms with Gasteiger partial charge >= 0.3 is 0 Å². The average molecular weight is 249 g/mol. The second-order valence-electron chi connectivity index (χ2n) is 4.77. The van der Waals surface area contributed by atoms with E-state index in [0.717, 1.165) is 0 Å². The van der Waals surface area contributed by atoms with E-state index >= 15 is 0 Å². The second kappa shape index (κ2) is 8.82. The number of halogens is 1. The lowest BCUT2D eigenvalue weighted by atomic mass is 9.96. The summed E-state index contributed by atoms with van der Waals surface area (Å²) in [5, 5.41) is 2.93. The first-order valence-corrected chi connectivity index (χ1v) is 6.21. The van der Waals surface area contributed by atoms with E-state index < -0.39 is 0 Å². The molecule has 0 heterocycles. The van der Waals surface area contributed by atoms with Gasteiger partial charge in [0.25, 0.3) is 0 Å². The summed E-state index contributed by atoms with van der Waals surface area (Å²) in [5.41, 5.74) is 5.46. The Morgan fingerprint density at radius 3 is 2.38 bits per heavy atom. The first-order chi connectivity index (χ1) is 7.22. The third-order valence-corrected chi connectivity index (χ3v) is 3.21. The van der Waals surface area contributed by atoms with Crippen LogP contribution < -0.4 is 11.1 Å². The van der Waals surface area contributed by atoms with Crippen LogP contribution in [0.4, 0.5) is 0 Å². The first kappa shape index (κ1) is 15.7. The summed E-state index contributed by atoms with van der Waals surface area (Å²) in [6, 6.07) is 0.114. The van der Waals surface area contributed by atoms with E-state index in [0.29, 0.717) is 18.9 Å². The highest BCUT2D eigenvalue weighted by Gasteiger charge is 2.16. The predicted molar refractivity (Wildman–Crippen MR) is 69.7 cm³/mol. The van der Waals surface area contributed by atoms with Crippen LogP contribution in [0.25, 0.3) is 0 Å². The molecule has 0 aliphatic heterocycles. The fourth-order valence-corrected chi connectivity index (χ4v) is 2.22. The van der Waals surface area contributed by atoms with Gasteiger partial charge in [0.05, 0.1) is 0 Å². The van der Waals surface area contributed by atoms with Crippen molar-refractivity contribution in [1.29, 1.82) is 0 Å². The van der Waals surface area contributed by atoms with Gasteiger partial charge < -0.3 is 11.1 Å². The van der Waals surface area contributed by atoms with Crippen LogP contribution in [0.1, 0.15) is 51.9 Å². The van der Waals surface area contributed by atoms with Gasteiger partial charge in [0.2, 0.25) is 5.91 Å². The van der Waals surface area contributed by atoms with Gasteiger partial charge in [-0.15, -0.1) is 12.4 Å². The first-order valence-electron chi connectivity index (χ1n) is 6.21. The molecule has 1 saturated carbocycles. The average Bonchev–Trinajstić information content (AvgIpc) is 2.46. The Labute approximate surface area is 105 Å².